The van der Waals surface area contributed by atoms with E-state index in [0.29, 0.717) is 5.02 Å². The van der Waals surface area contributed by atoms with Crippen LogP contribution >= 0.6 is 27.5 Å². The molecule has 68 valence electrons. The molecule has 1 aromatic rings. The average molecular weight is 260 g/mol. The largest absolute Gasteiger partial charge is 0.294 e. The number of carbonyl (C=O) groups is 1. The lowest BCUT2D eigenvalue weighted by molar-refractivity contribution is 0.0967. The molecule has 0 heterocycles. The minimum absolute atomic E-state index is 0.231. The van der Waals surface area contributed by atoms with Crippen LogP contribution in [0.2, 0.25) is 5.02 Å². The van der Waals surface area contributed by atoms with Crippen LogP contribution in [0.15, 0.2) is 22.7 Å². The van der Waals surface area contributed by atoms with Gasteiger partial charge < -0.3 is 0 Å². The van der Waals surface area contributed by atoms with Gasteiger partial charge in [-0.15, -0.1) is 0 Å². The third kappa shape index (κ3) is 1.94. The average Bonchev–Trinajstić information content (AvgIpc) is 2.91. The SMILES string of the molecule is O=C(c1ccc(Br)c(Cl)c1)C1CC1. The Morgan fingerprint density at radius 1 is 1.46 bits per heavy atom. The van der Waals surface area contributed by atoms with E-state index in [4.69, 9.17) is 11.6 Å². The van der Waals surface area contributed by atoms with Crippen LogP contribution in [-0.2, 0) is 0 Å². The van der Waals surface area contributed by atoms with Gasteiger partial charge in [-0.3, -0.25) is 4.79 Å². The molecule has 1 aromatic carbocycles. The minimum atomic E-state index is 0.231. The lowest BCUT2D eigenvalue weighted by atomic mass is 10.1. The van der Waals surface area contributed by atoms with Gasteiger partial charge in [-0.05, 0) is 40.9 Å². The molecule has 1 fully saturated rings. The summed E-state index contributed by atoms with van der Waals surface area (Å²) in [6.45, 7) is 0. The maximum atomic E-state index is 11.6. The Hall–Kier alpha value is -0.340. The predicted octanol–water partition coefficient (Wildman–Crippen LogP) is 3.70. The fourth-order valence-electron chi connectivity index (χ4n) is 1.23. The third-order valence-corrected chi connectivity index (χ3v) is 3.38. The van der Waals surface area contributed by atoms with Gasteiger partial charge in [-0.25, -0.2) is 0 Å². The first-order chi connectivity index (χ1) is 6.18. The van der Waals surface area contributed by atoms with E-state index in [1.807, 2.05) is 12.1 Å². The van der Waals surface area contributed by atoms with Gasteiger partial charge in [-0.2, -0.15) is 0 Å². The normalized spacial score (nSPS) is 15.8. The van der Waals surface area contributed by atoms with E-state index < -0.39 is 0 Å². The zero-order chi connectivity index (χ0) is 9.42. The van der Waals surface area contributed by atoms with Crippen molar-refractivity contribution in [3.8, 4) is 0 Å². The maximum Gasteiger partial charge on any atom is 0.165 e. The number of ketones is 1. The van der Waals surface area contributed by atoms with E-state index in [9.17, 15) is 4.79 Å². The summed E-state index contributed by atoms with van der Waals surface area (Å²) in [7, 11) is 0. The van der Waals surface area contributed by atoms with Crippen LogP contribution in [0.1, 0.15) is 23.2 Å². The predicted molar refractivity (Wildman–Crippen MR) is 56.2 cm³/mol. The van der Waals surface area contributed by atoms with Gasteiger partial charge in [-0.1, -0.05) is 17.7 Å². The minimum Gasteiger partial charge on any atom is -0.294 e. The van der Waals surface area contributed by atoms with Crippen LogP contribution in [0.25, 0.3) is 0 Å². The molecular weight excluding hydrogens is 251 g/mol. The number of Topliss-reactive ketones (excluding diaryl/α,β-unsaturated/α-hetero) is 1. The molecule has 0 bridgehead atoms. The zero-order valence-corrected chi connectivity index (χ0v) is 9.23. The van der Waals surface area contributed by atoms with Crippen molar-refractivity contribution in [2.75, 3.05) is 0 Å². The molecule has 0 aromatic heterocycles. The first kappa shape index (κ1) is 9.22. The zero-order valence-electron chi connectivity index (χ0n) is 6.89. The summed E-state index contributed by atoms with van der Waals surface area (Å²) in [6.07, 6.45) is 2.07. The molecule has 3 heteroatoms. The van der Waals surface area contributed by atoms with Crippen LogP contribution in [0.5, 0.6) is 0 Å². The van der Waals surface area contributed by atoms with Gasteiger partial charge in [0.05, 0.1) is 5.02 Å². The summed E-state index contributed by atoms with van der Waals surface area (Å²) in [5, 5.41) is 0.603. The number of benzene rings is 1. The van der Waals surface area contributed by atoms with Crippen LogP contribution in [0.3, 0.4) is 0 Å². The Morgan fingerprint density at radius 3 is 2.69 bits per heavy atom. The molecule has 1 aliphatic rings. The molecule has 0 atom stereocenters. The number of hydrogen-bond donors (Lipinski definition) is 0. The monoisotopic (exact) mass is 258 g/mol. The van der Waals surface area contributed by atoms with Gasteiger partial charge in [0, 0.05) is 16.0 Å². The molecular formula is C10H8BrClO. The van der Waals surface area contributed by atoms with E-state index in [2.05, 4.69) is 15.9 Å². The smallest absolute Gasteiger partial charge is 0.165 e. The van der Waals surface area contributed by atoms with Crippen molar-refractivity contribution in [3.63, 3.8) is 0 Å². The Bertz CT molecular complexity index is 358. The van der Waals surface area contributed by atoms with E-state index in [-0.39, 0.29) is 11.7 Å². The van der Waals surface area contributed by atoms with Crippen LogP contribution in [-0.4, -0.2) is 5.78 Å². The second-order valence-electron chi connectivity index (χ2n) is 3.27. The highest BCUT2D eigenvalue weighted by molar-refractivity contribution is 9.10. The summed E-state index contributed by atoms with van der Waals surface area (Å²) in [6, 6.07) is 5.36. The molecule has 0 aliphatic heterocycles. The van der Waals surface area contributed by atoms with Gasteiger partial charge in [0.25, 0.3) is 0 Å². The van der Waals surface area contributed by atoms with Gasteiger partial charge in [0.2, 0.25) is 0 Å². The fourth-order valence-corrected chi connectivity index (χ4v) is 1.66. The molecule has 0 saturated heterocycles. The summed E-state index contributed by atoms with van der Waals surface area (Å²) >= 11 is 9.17. The molecule has 0 radical (unpaired) electrons. The Labute approximate surface area is 90.2 Å². The summed E-state index contributed by atoms with van der Waals surface area (Å²) in [5.74, 6) is 0.492. The first-order valence-electron chi connectivity index (χ1n) is 4.18. The summed E-state index contributed by atoms with van der Waals surface area (Å²) < 4.78 is 0.835. The highest BCUT2D eigenvalue weighted by Gasteiger charge is 2.30. The molecule has 2 rings (SSSR count). The summed E-state index contributed by atoms with van der Waals surface area (Å²) in [5.41, 5.74) is 0.732. The second-order valence-corrected chi connectivity index (χ2v) is 4.53. The maximum absolute atomic E-state index is 11.6. The van der Waals surface area contributed by atoms with Crippen molar-refractivity contribution < 1.29 is 4.79 Å². The molecule has 1 nitrogen and oxygen atoms in total. The van der Waals surface area contributed by atoms with Crippen molar-refractivity contribution in [3.05, 3.63) is 33.3 Å². The van der Waals surface area contributed by atoms with E-state index in [1.54, 1.807) is 6.07 Å². The molecule has 1 aliphatic carbocycles. The topological polar surface area (TPSA) is 17.1 Å². The Morgan fingerprint density at radius 2 is 2.15 bits per heavy atom. The van der Waals surface area contributed by atoms with E-state index >= 15 is 0 Å². The second kappa shape index (κ2) is 3.43. The highest BCUT2D eigenvalue weighted by Crippen LogP contribution is 2.34. The fraction of sp³-hybridized carbons (Fsp3) is 0.300. The molecule has 0 N–H and O–H groups in total. The number of halogens is 2. The van der Waals surface area contributed by atoms with Gasteiger partial charge in [0.1, 0.15) is 0 Å². The highest BCUT2D eigenvalue weighted by atomic mass is 79.9. The summed E-state index contributed by atoms with van der Waals surface area (Å²) in [4.78, 5) is 11.6. The number of rotatable bonds is 2. The number of carbonyl (C=O) groups excluding carboxylic acids is 1. The molecule has 1 saturated carbocycles. The Balaban J connectivity index is 2.30. The number of hydrogen-bond acceptors (Lipinski definition) is 1. The van der Waals surface area contributed by atoms with E-state index in [1.165, 1.54) is 0 Å². The lowest BCUT2D eigenvalue weighted by Crippen LogP contribution is -2.00. The van der Waals surface area contributed by atoms with Crippen molar-refractivity contribution in [1.82, 2.24) is 0 Å². The van der Waals surface area contributed by atoms with Crippen molar-refractivity contribution in [2.24, 2.45) is 5.92 Å². The Kier molecular flexibility index (Phi) is 2.43. The van der Waals surface area contributed by atoms with Crippen molar-refractivity contribution in [2.45, 2.75) is 12.8 Å². The molecule has 0 unspecified atom stereocenters. The quantitative estimate of drug-likeness (QED) is 0.740. The van der Waals surface area contributed by atoms with E-state index in [0.717, 1.165) is 22.9 Å². The van der Waals surface area contributed by atoms with Crippen LogP contribution in [0, 0.1) is 5.92 Å². The molecule has 0 amide bonds. The van der Waals surface area contributed by atoms with Crippen LogP contribution in [0.4, 0.5) is 0 Å². The van der Waals surface area contributed by atoms with Crippen LogP contribution < -0.4 is 0 Å². The van der Waals surface area contributed by atoms with Crippen molar-refractivity contribution in [1.29, 1.82) is 0 Å². The third-order valence-electron chi connectivity index (χ3n) is 2.15. The molecule has 0 spiro atoms. The van der Waals surface area contributed by atoms with Crippen molar-refractivity contribution >= 4 is 33.3 Å². The molecule has 13 heavy (non-hydrogen) atoms. The standard InChI is InChI=1S/C10H8BrClO/c11-8-4-3-7(5-9(8)12)10(13)6-1-2-6/h3-6H,1-2H2. The first-order valence-corrected chi connectivity index (χ1v) is 5.35. The van der Waals surface area contributed by atoms with Gasteiger partial charge >= 0.3 is 0 Å². The van der Waals surface area contributed by atoms with Gasteiger partial charge in [0.15, 0.2) is 5.78 Å². The lowest BCUT2D eigenvalue weighted by Gasteiger charge is -2.00.